The molecule has 2 rings (SSSR count). The van der Waals surface area contributed by atoms with Crippen LogP contribution in [0.5, 0.6) is 0 Å². The molecule has 6 nitrogen and oxygen atoms in total. The molecule has 1 aliphatic rings. The van der Waals surface area contributed by atoms with Crippen molar-refractivity contribution in [2.75, 3.05) is 0 Å². The lowest BCUT2D eigenvalue weighted by Gasteiger charge is -2.37. The Morgan fingerprint density at radius 3 is 2.80 bits per heavy atom. The molecule has 1 aromatic heterocycles. The molecule has 0 saturated heterocycles. The number of hydrogen-bond acceptors (Lipinski definition) is 5. The van der Waals surface area contributed by atoms with Crippen LogP contribution in [-0.2, 0) is 4.79 Å². The molecule has 3 unspecified atom stereocenters. The fourth-order valence-electron chi connectivity index (χ4n) is 2.65. The Morgan fingerprint density at radius 1 is 1.55 bits per heavy atom. The Kier molecular flexibility index (Phi) is 5.53. The molecule has 0 radical (unpaired) electrons. The highest BCUT2D eigenvalue weighted by Crippen LogP contribution is 2.32. The molecule has 1 heterocycles. The molecule has 1 saturated carbocycles. The standard InChI is InChI=1S/C13H22N4O2.ClH/c1-8(12-16-9(2)17-19-12)15-11(18)10-6-4-5-7-13(10,3)14;/h8,10H,4-7,14H2,1-3H3,(H,15,18);1H. The fourth-order valence-corrected chi connectivity index (χ4v) is 2.65. The minimum absolute atomic E-state index is 0. The molecule has 7 heteroatoms. The molecule has 1 aliphatic carbocycles. The van der Waals surface area contributed by atoms with Crippen molar-refractivity contribution in [1.29, 1.82) is 0 Å². The number of aryl methyl sites for hydroxylation is 1. The quantitative estimate of drug-likeness (QED) is 0.889. The fraction of sp³-hybridized carbons (Fsp3) is 0.769. The predicted octanol–water partition coefficient (Wildman–Crippen LogP) is 1.88. The van der Waals surface area contributed by atoms with Crippen molar-refractivity contribution in [3.63, 3.8) is 0 Å². The van der Waals surface area contributed by atoms with Crippen LogP contribution < -0.4 is 11.1 Å². The lowest BCUT2D eigenvalue weighted by atomic mass is 9.74. The molecule has 3 atom stereocenters. The van der Waals surface area contributed by atoms with Gasteiger partial charge in [0.15, 0.2) is 5.82 Å². The molecule has 0 bridgehead atoms. The van der Waals surface area contributed by atoms with Crippen LogP contribution in [0.2, 0.25) is 0 Å². The van der Waals surface area contributed by atoms with Gasteiger partial charge in [-0.15, -0.1) is 12.4 Å². The number of nitrogens with zero attached hydrogens (tertiary/aromatic N) is 2. The molecule has 3 N–H and O–H groups in total. The molecule has 1 aromatic rings. The number of halogens is 1. The topological polar surface area (TPSA) is 94.0 Å². The summed E-state index contributed by atoms with van der Waals surface area (Å²) in [6, 6.07) is -0.286. The minimum atomic E-state index is -0.424. The van der Waals surface area contributed by atoms with Gasteiger partial charge >= 0.3 is 0 Å². The molecule has 0 aromatic carbocycles. The van der Waals surface area contributed by atoms with Gasteiger partial charge in [0.1, 0.15) is 6.04 Å². The Morgan fingerprint density at radius 2 is 2.25 bits per heavy atom. The number of nitrogens with two attached hydrogens (primary N) is 1. The average molecular weight is 303 g/mol. The third kappa shape index (κ3) is 3.70. The number of rotatable bonds is 3. The van der Waals surface area contributed by atoms with E-state index in [-0.39, 0.29) is 30.3 Å². The van der Waals surface area contributed by atoms with Gasteiger partial charge in [-0.25, -0.2) is 0 Å². The van der Waals surface area contributed by atoms with Crippen LogP contribution in [0.25, 0.3) is 0 Å². The molecular formula is C13H23ClN4O2. The van der Waals surface area contributed by atoms with E-state index in [9.17, 15) is 4.79 Å². The second kappa shape index (κ2) is 6.54. The highest BCUT2D eigenvalue weighted by atomic mass is 35.5. The smallest absolute Gasteiger partial charge is 0.248 e. The molecule has 1 amide bonds. The van der Waals surface area contributed by atoms with Gasteiger partial charge in [0.25, 0.3) is 0 Å². The van der Waals surface area contributed by atoms with E-state index in [1.807, 2.05) is 13.8 Å². The molecular weight excluding hydrogens is 280 g/mol. The maximum Gasteiger partial charge on any atom is 0.248 e. The van der Waals surface area contributed by atoms with Gasteiger partial charge in [-0.2, -0.15) is 4.98 Å². The maximum absolute atomic E-state index is 12.3. The number of nitrogens with one attached hydrogen (secondary N) is 1. The van der Waals surface area contributed by atoms with Crippen molar-refractivity contribution in [3.05, 3.63) is 11.7 Å². The van der Waals surface area contributed by atoms with Crippen molar-refractivity contribution in [3.8, 4) is 0 Å². The SMILES string of the molecule is Cc1noc(C(C)NC(=O)C2CCCCC2(C)N)n1.Cl. The molecule has 114 valence electrons. The van der Waals surface area contributed by atoms with Gasteiger partial charge in [-0.05, 0) is 33.6 Å². The van der Waals surface area contributed by atoms with Crippen LogP contribution in [0.15, 0.2) is 4.52 Å². The maximum atomic E-state index is 12.3. The summed E-state index contributed by atoms with van der Waals surface area (Å²) < 4.78 is 5.06. The third-order valence-electron chi connectivity index (χ3n) is 3.84. The first kappa shape index (κ1) is 16.9. The molecule has 0 spiro atoms. The van der Waals surface area contributed by atoms with E-state index in [1.165, 1.54) is 0 Å². The normalized spacial score (nSPS) is 27.5. The van der Waals surface area contributed by atoms with Crippen molar-refractivity contribution in [1.82, 2.24) is 15.5 Å². The average Bonchev–Trinajstić information content (AvgIpc) is 2.75. The molecule has 0 aliphatic heterocycles. The van der Waals surface area contributed by atoms with Crippen LogP contribution in [0.4, 0.5) is 0 Å². The third-order valence-corrected chi connectivity index (χ3v) is 3.84. The number of aromatic nitrogens is 2. The predicted molar refractivity (Wildman–Crippen MR) is 77.4 cm³/mol. The summed E-state index contributed by atoms with van der Waals surface area (Å²) in [5.41, 5.74) is 5.81. The Hall–Kier alpha value is -1.14. The van der Waals surface area contributed by atoms with Crippen molar-refractivity contribution >= 4 is 18.3 Å². The van der Waals surface area contributed by atoms with E-state index < -0.39 is 5.54 Å². The first-order valence-electron chi connectivity index (χ1n) is 6.79. The lowest BCUT2D eigenvalue weighted by molar-refractivity contribution is -0.129. The van der Waals surface area contributed by atoms with Gasteiger partial charge in [0, 0.05) is 5.54 Å². The number of carbonyl (C=O) groups is 1. The van der Waals surface area contributed by atoms with Crippen LogP contribution in [0, 0.1) is 12.8 Å². The summed E-state index contributed by atoms with van der Waals surface area (Å²) in [5.74, 6) is 0.832. The van der Waals surface area contributed by atoms with E-state index in [2.05, 4.69) is 15.5 Å². The largest absolute Gasteiger partial charge is 0.344 e. The van der Waals surface area contributed by atoms with E-state index in [0.717, 1.165) is 25.7 Å². The summed E-state index contributed by atoms with van der Waals surface area (Å²) in [6.45, 7) is 5.54. The molecule has 20 heavy (non-hydrogen) atoms. The van der Waals surface area contributed by atoms with Crippen LogP contribution in [-0.4, -0.2) is 21.6 Å². The van der Waals surface area contributed by atoms with Crippen LogP contribution in [0.3, 0.4) is 0 Å². The summed E-state index contributed by atoms with van der Waals surface area (Å²) in [6.07, 6.45) is 3.88. The summed E-state index contributed by atoms with van der Waals surface area (Å²) in [4.78, 5) is 16.4. The van der Waals surface area contributed by atoms with Crippen molar-refractivity contribution < 1.29 is 9.32 Å². The van der Waals surface area contributed by atoms with Gasteiger partial charge < -0.3 is 15.6 Å². The van der Waals surface area contributed by atoms with E-state index >= 15 is 0 Å². The van der Waals surface area contributed by atoms with E-state index in [0.29, 0.717) is 11.7 Å². The minimum Gasteiger partial charge on any atom is -0.344 e. The van der Waals surface area contributed by atoms with E-state index in [1.54, 1.807) is 6.92 Å². The van der Waals surface area contributed by atoms with Gasteiger partial charge in [-0.1, -0.05) is 18.0 Å². The van der Waals surface area contributed by atoms with Gasteiger partial charge in [-0.3, -0.25) is 4.79 Å². The zero-order valence-electron chi connectivity index (χ0n) is 12.2. The zero-order valence-corrected chi connectivity index (χ0v) is 13.0. The summed E-state index contributed by atoms with van der Waals surface area (Å²) in [5, 5.41) is 6.64. The Balaban J connectivity index is 0.00000200. The van der Waals surface area contributed by atoms with Gasteiger partial charge in [0.05, 0.1) is 5.92 Å². The summed E-state index contributed by atoms with van der Waals surface area (Å²) >= 11 is 0. The second-order valence-electron chi connectivity index (χ2n) is 5.71. The van der Waals surface area contributed by atoms with Crippen LogP contribution in [0.1, 0.15) is 57.3 Å². The van der Waals surface area contributed by atoms with Crippen molar-refractivity contribution in [2.24, 2.45) is 11.7 Å². The van der Waals surface area contributed by atoms with Crippen molar-refractivity contribution in [2.45, 2.75) is 58.0 Å². The Bertz CT molecular complexity index is 461. The highest BCUT2D eigenvalue weighted by molar-refractivity contribution is 5.85. The van der Waals surface area contributed by atoms with Crippen LogP contribution >= 0.6 is 12.4 Å². The lowest BCUT2D eigenvalue weighted by Crippen LogP contribution is -2.53. The second-order valence-corrected chi connectivity index (χ2v) is 5.71. The first-order chi connectivity index (χ1) is 8.90. The zero-order chi connectivity index (χ0) is 14.0. The Labute approximate surface area is 125 Å². The van der Waals surface area contributed by atoms with E-state index in [4.69, 9.17) is 10.3 Å². The highest BCUT2D eigenvalue weighted by Gasteiger charge is 2.38. The monoisotopic (exact) mass is 302 g/mol. The number of hydrogen-bond donors (Lipinski definition) is 2. The number of carbonyl (C=O) groups excluding carboxylic acids is 1. The molecule has 1 fully saturated rings. The number of amides is 1. The summed E-state index contributed by atoms with van der Waals surface area (Å²) in [7, 11) is 0. The first-order valence-corrected chi connectivity index (χ1v) is 6.79. The van der Waals surface area contributed by atoms with Gasteiger partial charge in [0.2, 0.25) is 11.8 Å².